The molecule has 9 nitrogen and oxygen atoms in total. The summed E-state index contributed by atoms with van der Waals surface area (Å²) in [6.07, 6.45) is 5.87. The maximum atomic E-state index is 12.2. The third kappa shape index (κ3) is 5.94. The lowest BCUT2D eigenvalue weighted by atomic mass is 10.1. The zero-order valence-electron chi connectivity index (χ0n) is 22.9. The highest BCUT2D eigenvalue weighted by molar-refractivity contribution is 6.02. The van der Waals surface area contributed by atoms with Crippen molar-refractivity contribution >= 4 is 45.5 Å². The molecule has 0 aliphatic carbocycles. The summed E-state index contributed by atoms with van der Waals surface area (Å²) in [4.78, 5) is 23.5. The standard InChI is InChI=1S/C30H35N7O2/c1-7-20(3)37-19-22(21-11-9-10-12-26(21)37)23-13-14-32-30(34-23)35-25-17-24(33-29(38)8-2)27(18-28(25)39-6)36(5)16-15-31-4/h8-14,17-19,31H,2-3,7,15-16H2,1,4-6H3,(H,33,38)(H,32,34,35). The first-order chi connectivity index (χ1) is 18.9. The van der Waals surface area contributed by atoms with Crippen LogP contribution in [0.15, 0.2) is 74.1 Å². The number of rotatable bonds is 12. The zero-order valence-corrected chi connectivity index (χ0v) is 22.9. The number of likely N-dealkylation sites (N-methyl/N-ethyl adjacent to an activating group) is 2. The number of para-hydroxylation sites is 1. The van der Waals surface area contributed by atoms with E-state index < -0.39 is 0 Å². The first-order valence-corrected chi connectivity index (χ1v) is 12.8. The van der Waals surface area contributed by atoms with Gasteiger partial charge in [-0.2, -0.15) is 0 Å². The Labute approximate surface area is 229 Å². The van der Waals surface area contributed by atoms with Crippen LogP contribution in [0.25, 0.3) is 27.9 Å². The normalized spacial score (nSPS) is 10.8. The van der Waals surface area contributed by atoms with Crippen molar-refractivity contribution in [3.63, 3.8) is 0 Å². The molecule has 3 N–H and O–H groups in total. The van der Waals surface area contributed by atoms with Gasteiger partial charge in [-0.3, -0.25) is 4.79 Å². The van der Waals surface area contributed by atoms with E-state index in [1.54, 1.807) is 13.3 Å². The van der Waals surface area contributed by atoms with Crippen molar-refractivity contribution in [2.45, 2.75) is 13.3 Å². The van der Waals surface area contributed by atoms with Gasteiger partial charge in [0.15, 0.2) is 0 Å². The number of methoxy groups -OCH3 is 1. The maximum Gasteiger partial charge on any atom is 0.247 e. The molecule has 2 aromatic carbocycles. The van der Waals surface area contributed by atoms with Gasteiger partial charge in [0.05, 0.1) is 35.4 Å². The van der Waals surface area contributed by atoms with Gasteiger partial charge in [0.2, 0.25) is 11.9 Å². The predicted octanol–water partition coefficient (Wildman–Crippen LogP) is 5.51. The van der Waals surface area contributed by atoms with Crippen LogP contribution < -0.4 is 25.6 Å². The van der Waals surface area contributed by atoms with E-state index in [0.29, 0.717) is 23.1 Å². The van der Waals surface area contributed by atoms with Crippen molar-refractivity contribution in [2.75, 3.05) is 49.8 Å². The second kappa shape index (κ2) is 12.3. The Morgan fingerprint density at radius 1 is 1.21 bits per heavy atom. The van der Waals surface area contributed by atoms with Crippen LogP contribution in [0.5, 0.6) is 5.75 Å². The minimum atomic E-state index is -0.308. The molecule has 202 valence electrons. The quantitative estimate of drug-likeness (QED) is 0.210. The second-order valence-corrected chi connectivity index (χ2v) is 9.03. The average molecular weight is 526 g/mol. The average Bonchev–Trinajstić information content (AvgIpc) is 3.35. The van der Waals surface area contributed by atoms with E-state index in [0.717, 1.165) is 53.1 Å². The fourth-order valence-electron chi connectivity index (χ4n) is 4.34. The molecule has 4 rings (SSSR count). The molecule has 4 aromatic rings. The van der Waals surface area contributed by atoms with Crippen molar-refractivity contribution < 1.29 is 9.53 Å². The number of anilines is 4. The molecule has 0 bridgehead atoms. The third-order valence-electron chi connectivity index (χ3n) is 6.51. The molecule has 0 spiro atoms. The second-order valence-electron chi connectivity index (χ2n) is 9.03. The van der Waals surface area contributed by atoms with Crippen molar-refractivity contribution in [1.82, 2.24) is 19.9 Å². The van der Waals surface area contributed by atoms with Crippen molar-refractivity contribution in [1.29, 1.82) is 0 Å². The van der Waals surface area contributed by atoms with E-state index in [-0.39, 0.29) is 5.91 Å². The lowest BCUT2D eigenvalue weighted by molar-refractivity contribution is -0.111. The Morgan fingerprint density at radius 2 is 2.00 bits per heavy atom. The van der Waals surface area contributed by atoms with Gasteiger partial charge in [-0.1, -0.05) is 38.3 Å². The van der Waals surface area contributed by atoms with Gasteiger partial charge in [0, 0.05) is 55.2 Å². The van der Waals surface area contributed by atoms with Crippen molar-refractivity contribution in [2.24, 2.45) is 0 Å². The summed E-state index contributed by atoms with van der Waals surface area (Å²) < 4.78 is 7.82. The van der Waals surface area contributed by atoms with Crippen LogP contribution in [0.2, 0.25) is 0 Å². The Kier molecular flexibility index (Phi) is 8.63. The number of benzene rings is 2. The molecule has 0 atom stereocenters. The van der Waals surface area contributed by atoms with Gasteiger partial charge in [0.1, 0.15) is 5.75 Å². The van der Waals surface area contributed by atoms with E-state index in [1.165, 1.54) is 6.08 Å². The first kappa shape index (κ1) is 27.4. The number of hydrogen-bond acceptors (Lipinski definition) is 7. The molecule has 9 heteroatoms. The van der Waals surface area contributed by atoms with Crippen LogP contribution in [-0.2, 0) is 4.79 Å². The SMILES string of the molecule is C=CC(=O)Nc1cc(Nc2nccc(-c3cn(C(=C)CC)c4ccccc34)n2)c(OC)cc1N(C)CCNC. The van der Waals surface area contributed by atoms with E-state index in [4.69, 9.17) is 9.72 Å². The fourth-order valence-corrected chi connectivity index (χ4v) is 4.34. The molecule has 2 aromatic heterocycles. The predicted molar refractivity (Wildman–Crippen MR) is 161 cm³/mol. The first-order valence-electron chi connectivity index (χ1n) is 12.8. The van der Waals surface area contributed by atoms with Crippen LogP contribution in [0.4, 0.5) is 23.0 Å². The van der Waals surface area contributed by atoms with Gasteiger partial charge < -0.3 is 30.2 Å². The highest BCUT2D eigenvalue weighted by Gasteiger charge is 2.17. The zero-order chi connectivity index (χ0) is 27.9. The molecule has 39 heavy (non-hydrogen) atoms. The van der Waals surface area contributed by atoms with Crippen LogP contribution in [0.3, 0.4) is 0 Å². The van der Waals surface area contributed by atoms with Gasteiger partial charge in [-0.05, 0) is 37.7 Å². The number of nitrogens with one attached hydrogen (secondary N) is 3. The lowest BCUT2D eigenvalue weighted by Gasteiger charge is -2.24. The number of fused-ring (bicyclic) bond motifs is 1. The summed E-state index contributed by atoms with van der Waals surface area (Å²) >= 11 is 0. The molecule has 1 amide bonds. The van der Waals surface area contributed by atoms with Crippen molar-refractivity contribution in [3.8, 4) is 17.0 Å². The summed E-state index contributed by atoms with van der Waals surface area (Å²) in [7, 11) is 5.46. The summed E-state index contributed by atoms with van der Waals surface area (Å²) in [6, 6.07) is 13.8. The number of nitrogens with zero attached hydrogens (tertiary/aromatic N) is 4. The monoisotopic (exact) mass is 525 g/mol. The Hall–Kier alpha value is -4.63. The molecular formula is C30H35N7O2. The molecule has 2 heterocycles. The molecule has 0 fully saturated rings. The molecule has 0 saturated heterocycles. The molecular weight excluding hydrogens is 490 g/mol. The highest BCUT2D eigenvalue weighted by atomic mass is 16.5. The topological polar surface area (TPSA) is 96.3 Å². The van der Waals surface area contributed by atoms with E-state index in [2.05, 4.69) is 63.9 Å². The number of allylic oxidation sites excluding steroid dienone is 1. The number of amides is 1. The molecule has 0 aliphatic heterocycles. The molecule has 0 aliphatic rings. The number of carbonyl (C=O) groups is 1. The van der Waals surface area contributed by atoms with Crippen LogP contribution in [0.1, 0.15) is 13.3 Å². The number of ether oxygens (including phenoxy) is 1. The van der Waals surface area contributed by atoms with Crippen LogP contribution >= 0.6 is 0 Å². The number of carbonyl (C=O) groups excluding carboxylic acids is 1. The van der Waals surface area contributed by atoms with Gasteiger partial charge in [-0.15, -0.1) is 0 Å². The lowest BCUT2D eigenvalue weighted by Crippen LogP contribution is -2.28. The number of hydrogen-bond donors (Lipinski definition) is 3. The van der Waals surface area contributed by atoms with Crippen LogP contribution in [0, 0.1) is 0 Å². The number of aromatic nitrogens is 3. The highest BCUT2D eigenvalue weighted by Crippen LogP contribution is 2.38. The summed E-state index contributed by atoms with van der Waals surface area (Å²) in [6.45, 7) is 11.4. The van der Waals surface area contributed by atoms with Gasteiger partial charge >= 0.3 is 0 Å². The Bertz CT molecular complexity index is 1510. The Balaban J connectivity index is 1.74. The molecule has 0 unspecified atom stereocenters. The van der Waals surface area contributed by atoms with E-state index >= 15 is 0 Å². The fraction of sp³-hybridized carbons (Fsp3) is 0.233. The van der Waals surface area contributed by atoms with Gasteiger partial charge in [0.25, 0.3) is 0 Å². The minimum Gasteiger partial charge on any atom is -0.494 e. The summed E-state index contributed by atoms with van der Waals surface area (Å²) in [5.41, 5.74) is 5.87. The van der Waals surface area contributed by atoms with E-state index in [1.807, 2.05) is 49.3 Å². The summed E-state index contributed by atoms with van der Waals surface area (Å²) in [5, 5.41) is 10.4. The van der Waals surface area contributed by atoms with E-state index in [9.17, 15) is 4.79 Å². The largest absolute Gasteiger partial charge is 0.494 e. The van der Waals surface area contributed by atoms with Crippen molar-refractivity contribution in [3.05, 3.63) is 74.1 Å². The summed E-state index contributed by atoms with van der Waals surface area (Å²) in [5.74, 6) is 0.676. The van der Waals surface area contributed by atoms with Gasteiger partial charge in [-0.25, -0.2) is 9.97 Å². The molecule has 0 saturated carbocycles. The van der Waals surface area contributed by atoms with Crippen LogP contribution in [-0.4, -0.2) is 54.7 Å². The third-order valence-corrected chi connectivity index (χ3v) is 6.51. The maximum absolute atomic E-state index is 12.2. The smallest absolute Gasteiger partial charge is 0.247 e. The Morgan fingerprint density at radius 3 is 2.72 bits per heavy atom. The minimum absolute atomic E-state index is 0.308. The molecule has 0 radical (unpaired) electrons.